The number of amides is 1. The topological polar surface area (TPSA) is 72.3 Å². The first-order valence-electron chi connectivity index (χ1n) is 9.13. The summed E-state index contributed by atoms with van der Waals surface area (Å²) < 4.78 is 7.64. The van der Waals surface area contributed by atoms with Crippen molar-refractivity contribution in [3.05, 3.63) is 41.2 Å². The standard InChI is InChI=1S/C19H27N5O2.ClH/c1-14-5-4-6-17(13-14)26-12-11-23(3)19(25)18-15(2)24(22-21-18)16-7-9-20-10-8-16;/h4-6,13,16,20H,7-12H2,1-3H3;1H. The average Bonchev–Trinajstić information content (AvgIpc) is 3.03. The zero-order valence-electron chi connectivity index (χ0n) is 16.1. The minimum atomic E-state index is -0.115. The Balaban J connectivity index is 0.00000261. The summed E-state index contributed by atoms with van der Waals surface area (Å²) in [5, 5.41) is 11.7. The van der Waals surface area contributed by atoms with E-state index in [1.165, 1.54) is 0 Å². The van der Waals surface area contributed by atoms with Crippen LogP contribution in [0.25, 0.3) is 0 Å². The van der Waals surface area contributed by atoms with Crippen LogP contribution in [0.15, 0.2) is 24.3 Å². The summed E-state index contributed by atoms with van der Waals surface area (Å²) in [4.78, 5) is 14.3. The molecule has 8 heteroatoms. The molecule has 1 aliphatic rings. The molecule has 0 aliphatic carbocycles. The molecule has 148 valence electrons. The molecule has 1 N–H and O–H groups in total. The molecule has 7 nitrogen and oxygen atoms in total. The number of likely N-dealkylation sites (N-methyl/N-ethyl adjacent to an activating group) is 1. The number of rotatable bonds is 6. The number of carbonyl (C=O) groups is 1. The van der Waals surface area contributed by atoms with E-state index in [2.05, 4.69) is 15.6 Å². The van der Waals surface area contributed by atoms with Crippen molar-refractivity contribution in [2.24, 2.45) is 0 Å². The number of nitrogens with zero attached hydrogens (tertiary/aromatic N) is 4. The van der Waals surface area contributed by atoms with Gasteiger partial charge in [-0.25, -0.2) is 4.68 Å². The van der Waals surface area contributed by atoms with E-state index in [1.807, 2.05) is 42.8 Å². The predicted molar refractivity (Wildman–Crippen MR) is 107 cm³/mol. The highest BCUT2D eigenvalue weighted by atomic mass is 35.5. The Morgan fingerprint density at radius 2 is 2.07 bits per heavy atom. The lowest BCUT2D eigenvalue weighted by Crippen LogP contribution is -2.32. The Labute approximate surface area is 166 Å². The molecule has 1 amide bonds. The Hall–Kier alpha value is -2.12. The van der Waals surface area contributed by atoms with Crippen molar-refractivity contribution in [1.82, 2.24) is 25.2 Å². The Morgan fingerprint density at radius 3 is 2.78 bits per heavy atom. The molecule has 1 aromatic heterocycles. The first kappa shape index (κ1) is 21.2. The first-order valence-corrected chi connectivity index (χ1v) is 9.13. The third-order valence-corrected chi connectivity index (χ3v) is 4.82. The van der Waals surface area contributed by atoms with Gasteiger partial charge in [0.2, 0.25) is 0 Å². The Morgan fingerprint density at radius 1 is 1.33 bits per heavy atom. The lowest BCUT2D eigenvalue weighted by molar-refractivity contribution is 0.0767. The third kappa shape index (κ3) is 5.20. The second-order valence-electron chi connectivity index (χ2n) is 6.84. The van der Waals surface area contributed by atoms with Crippen molar-refractivity contribution in [3.63, 3.8) is 0 Å². The summed E-state index contributed by atoms with van der Waals surface area (Å²) in [5.74, 6) is 0.703. The monoisotopic (exact) mass is 393 g/mol. The van der Waals surface area contributed by atoms with Gasteiger partial charge in [-0.3, -0.25) is 4.79 Å². The van der Waals surface area contributed by atoms with Crippen molar-refractivity contribution in [1.29, 1.82) is 0 Å². The molecule has 0 unspecified atom stereocenters. The van der Waals surface area contributed by atoms with Crippen molar-refractivity contribution in [2.45, 2.75) is 32.7 Å². The number of ether oxygens (including phenoxy) is 1. The molecule has 1 aliphatic heterocycles. The number of piperidine rings is 1. The molecule has 0 saturated carbocycles. The number of aryl methyl sites for hydroxylation is 1. The van der Waals surface area contributed by atoms with Crippen molar-refractivity contribution in [2.75, 3.05) is 33.3 Å². The van der Waals surface area contributed by atoms with Crippen molar-refractivity contribution in [3.8, 4) is 5.75 Å². The molecule has 2 heterocycles. The number of hydrogen-bond acceptors (Lipinski definition) is 5. The van der Waals surface area contributed by atoms with Crippen LogP contribution in [0.5, 0.6) is 5.75 Å². The summed E-state index contributed by atoms with van der Waals surface area (Å²) >= 11 is 0. The first-order chi connectivity index (χ1) is 12.6. The summed E-state index contributed by atoms with van der Waals surface area (Å²) in [5.41, 5.74) is 2.42. The molecular formula is C19H28ClN5O2. The fraction of sp³-hybridized carbons (Fsp3) is 0.526. The normalized spacial score (nSPS) is 14.5. The zero-order valence-corrected chi connectivity index (χ0v) is 17.0. The van der Waals surface area contributed by atoms with Gasteiger partial charge in [-0.05, 0) is 57.5 Å². The summed E-state index contributed by atoms with van der Waals surface area (Å²) in [6, 6.07) is 8.21. The van der Waals surface area contributed by atoms with Crippen molar-refractivity contribution < 1.29 is 9.53 Å². The number of aromatic nitrogens is 3. The van der Waals surface area contributed by atoms with Gasteiger partial charge in [-0.15, -0.1) is 17.5 Å². The van der Waals surface area contributed by atoms with E-state index in [0.717, 1.165) is 42.9 Å². The van der Waals surface area contributed by atoms with Gasteiger partial charge in [0, 0.05) is 7.05 Å². The van der Waals surface area contributed by atoms with Crippen LogP contribution in [-0.4, -0.2) is 59.1 Å². The SMILES string of the molecule is Cc1cccc(OCCN(C)C(=O)c2nnn(C3CCNCC3)c2C)c1.Cl. The summed E-state index contributed by atoms with van der Waals surface area (Å²) in [6.45, 7) is 6.83. The van der Waals surface area contributed by atoms with Crippen molar-refractivity contribution >= 4 is 18.3 Å². The molecular weight excluding hydrogens is 366 g/mol. The molecule has 2 aromatic rings. The van der Waals surface area contributed by atoms with E-state index in [1.54, 1.807) is 11.9 Å². The van der Waals surface area contributed by atoms with Crippen LogP contribution in [-0.2, 0) is 0 Å². The summed E-state index contributed by atoms with van der Waals surface area (Å²) in [6.07, 6.45) is 2.02. The average molecular weight is 394 g/mol. The van der Waals surface area contributed by atoms with E-state index >= 15 is 0 Å². The van der Waals surface area contributed by atoms with Crippen LogP contribution in [0, 0.1) is 13.8 Å². The third-order valence-electron chi connectivity index (χ3n) is 4.82. The highest BCUT2D eigenvalue weighted by molar-refractivity contribution is 5.93. The van der Waals surface area contributed by atoms with Crippen LogP contribution >= 0.6 is 12.4 Å². The number of hydrogen-bond donors (Lipinski definition) is 1. The van der Waals surface area contributed by atoms with E-state index in [9.17, 15) is 4.79 Å². The van der Waals surface area contributed by atoms with Crippen LogP contribution in [0.4, 0.5) is 0 Å². The molecule has 1 fully saturated rings. The Kier molecular flexibility index (Phi) is 7.62. The van der Waals surface area contributed by atoms with E-state index in [-0.39, 0.29) is 18.3 Å². The maximum atomic E-state index is 12.7. The lowest BCUT2D eigenvalue weighted by Gasteiger charge is -2.23. The van der Waals surface area contributed by atoms with Crippen LogP contribution < -0.4 is 10.1 Å². The number of nitrogens with one attached hydrogen (secondary N) is 1. The highest BCUT2D eigenvalue weighted by Gasteiger charge is 2.24. The van der Waals surface area contributed by atoms with Gasteiger partial charge in [-0.2, -0.15) is 0 Å². The van der Waals surface area contributed by atoms with Crippen LogP contribution in [0.2, 0.25) is 0 Å². The van der Waals surface area contributed by atoms with Gasteiger partial charge in [0.15, 0.2) is 5.69 Å². The van der Waals surface area contributed by atoms with E-state index in [0.29, 0.717) is 24.9 Å². The van der Waals surface area contributed by atoms with Crippen LogP contribution in [0.1, 0.15) is 40.6 Å². The quantitative estimate of drug-likeness (QED) is 0.815. The van der Waals surface area contributed by atoms with Gasteiger partial charge in [0.05, 0.1) is 18.3 Å². The number of halogens is 1. The smallest absolute Gasteiger partial charge is 0.276 e. The zero-order chi connectivity index (χ0) is 18.5. The molecule has 1 aromatic carbocycles. The maximum Gasteiger partial charge on any atom is 0.276 e. The fourth-order valence-electron chi connectivity index (χ4n) is 3.22. The minimum absolute atomic E-state index is 0. The summed E-state index contributed by atoms with van der Waals surface area (Å²) in [7, 11) is 1.77. The van der Waals surface area contributed by atoms with E-state index < -0.39 is 0 Å². The second-order valence-corrected chi connectivity index (χ2v) is 6.84. The minimum Gasteiger partial charge on any atom is -0.492 e. The largest absolute Gasteiger partial charge is 0.492 e. The Bertz CT molecular complexity index is 758. The number of benzene rings is 1. The van der Waals surface area contributed by atoms with Gasteiger partial charge < -0.3 is 15.0 Å². The molecule has 0 bridgehead atoms. The van der Waals surface area contributed by atoms with E-state index in [4.69, 9.17) is 4.74 Å². The highest BCUT2D eigenvalue weighted by Crippen LogP contribution is 2.20. The molecule has 0 spiro atoms. The van der Waals surface area contributed by atoms with Gasteiger partial charge in [0.25, 0.3) is 5.91 Å². The lowest BCUT2D eigenvalue weighted by atomic mass is 10.1. The van der Waals surface area contributed by atoms with Crippen LogP contribution in [0.3, 0.4) is 0 Å². The fourth-order valence-corrected chi connectivity index (χ4v) is 3.22. The molecule has 0 atom stereocenters. The number of carbonyl (C=O) groups excluding carboxylic acids is 1. The molecule has 27 heavy (non-hydrogen) atoms. The molecule has 1 saturated heterocycles. The van der Waals surface area contributed by atoms with Gasteiger partial charge in [0.1, 0.15) is 12.4 Å². The van der Waals surface area contributed by atoms with Gasteiger partial charge >= 0.3 is 0 Å². The second kappa shape index (κ2) is 9.71. The molecule has 3 rings (SSSR count). The maximum absolute atomic E-state index is 12.7. The predicted octanol–water partition coefficient (Wildman–Crippen LogP) is 2.39. The van der Waals surface area contributed by atoms with Gasteiger partial charge in [-0.1, -0.05) is 17.3 Å². The molecule has 0 radical (unpaired) electrons.